The van der Waals surface area contributed by atoms with E-state index in [9.17, 15) is 8.78 Å². The van der Waals surface area contributed by atoms with Crippen LogP contribution in [0.4, 0.5) is 8.78 Å². The first-order valence-corrected chi connectivity index (χ1v) is 29.0. The maximum absolute atomic E-state index is 13.7. The smallest absolute Gasteiger partial charge is 1.00 e. The van der Waals surface area contributed by atoms with Crippen molar-refractivity contribution in [2.75, 3.05) is 7.15 Å². The molecule has 1 heterocycles. The van der Waals surface area contributed by atoms with Gasteiger partial charge >= 0.3 is 138 Å². The number of benzene rings is 14. The summed E-state index contributed by atoms with van der Waals surface area (Å²) in [6, 6.07) is 101. The Labute approximate surface area is 646 Å². The van der Waals surface area contributed by atoms with E-state index in [-0.39, 0.29) is 152 Å². The van der Waals surface area contributed by atoms with Crippen LogP contribution in [-0.4, -0.2) is 18.2 Å². The molecule has 4 nitrogen and oxygen atoms in total. The maximum Gasteiger partial charge on any atom is 1.00 e. The van der Waals surface area contributed by atoms with Crippen LogP contribution < -0.4 is 143 Å². The molecular formula is C79H55Cl2Cs2F2NO3. The maximum atomic E-state index is 13.7. The molecule has 15 aromatic rings. The van der Waals surface area contributed by atoms with Gasteiger partial charge in [-0.3, -0.25) is 9.18 Å². The van der Waals surface area contributed by atoms with Gasteiger partial charge in [0.15, 0.2) is 0 Å². The molecule has 0 aliphatic heterocycles. The average molecular weight is 1440 g/mol. The van der Waals surface area contributed by atoms with Crippen LogP contribution in [0.1, 0.15) is 13.9 Å². The van der Waals surface area contributed by atoms with E-state index in [0.29, 0.717) is 5.02 Å². The molecule has 424 valence electrons. The van der Waals surface area contributed by atoms with Crippen molar-refractivity contribution in [1.82, 2.24) is 4.57 Å². The van der Waals surface area contributed by atoms with Gasteiger partial charge in [0.05, 0.1) is 19.6 Å². The van der Waals surface area contributed by atoms with Crippen molar-refractivity contribution in [2.24, 2.45) is 0 Å². The molecule has 0 bridgehead atoms. The molecule has 16 rings (SSSR count). The Balaban J connectivity index is 0.000000163. The van der Waals surface area contributed by atoms with Gasteiger partial charge in [-0.25, -0.2) is 4.39 Å². The number of fused-ring (bicyclic) bond motifs is 12. The number of carbonyl (C=O) groups is 1. The molecule has 0 unspecified atom stereocenters. The van der Waals surface area contributed by atoms with Gasteiger partial charge in [0.25, 0.3) is 6.47 Å². The topological polar surface area (TPSA) is 54.3 Å². The van der Waals surface area contributed by atoms with E-state index in [4.69, 9.17) is 34.6 Å². The van der Waals surface area contributed by atoms with Crippen LogP contribution in [-0.2, 0) is 16.1 Å². The van der Waals surface area contributed by atoms with Gasteiger partial charge in [0.2, 0.25) is 0 Å². The Morgan fingerprint density at radius 1 is 0.416 bits per heavy atom. The number of aromatic nitrogens is 1. The SMILES string of the molecule is Clc1cc(-c2cc3ccccc3c3ccccc23)cc(-n2c3ccccc3c3ccc(-c4ccccc4)cc32)c1.Fc1cc(Cl)cc(-c2cc3ccccc3c3ccccc23)c1.O=CO[O-].[2H]CF.[Cs+].[Cs+].[H-].c1ccc(-c2ccc3c(c2)Cc2ccccc2-3)cc1. The number of hydrogen-bond donors (Lipinski definition) is 0. The number of para-hydroxylation sites is 1. The van der Waals surface area contributed by atoms with Crippen LogP contribution in [0.5, 0.6) is 0 Å². The van der Waals surface area contributed by atoms with Crippen LogP contribution in [0.15, 0.2) is 291 Å². The van der Waals surface area contributed by atoms with Crippen LogP contribution in [0, 0.1) is 5.82 Å². The Kier molecular flexibility index (Phi) is 22.3. The summed E-state index contributed by atoms with van der Waals surface area (Å²) in [5.74, 6) is -0.320. The molecule has 0 spiro atoms. The summed E-state index contributed by atoms with van der Waals surface area (Å²) in [7, 11) is -1.00. The fraction of sp³-hybridized carbons (Fsp3) is 0.0253. The van der Waals surface area contributed by atoms with Gasteiger partial charge < -0.3 is 16.1 Å². The standard InChI is InChI=1S/C38H24ClN.C20H12ClF.C19H14.CH3F.CH2O3.2Cs.H/c39-29-20-28(36-22-27-12-4-5-13-31(27)32-14-6-7-15-33(32)36)21-30(24-29)40-37-17-9-8-16-34(37)35-19-18-26(23-38(35)40)25-10-2-1-3-11-25;21-15-9-14(10-16(22)12-15)20-11-13-5-1-2-6-17(13)18-7-3-4-8-19(18)20;1-2-6-14(7-3-1)15-10-11-19-17(12-15)13-16-8-4-5-9-18(16)19;1-2;2-1-4-3;;;/h1-24H;1-12H;1-12H,13H2;1H3;1,3H;;;/q;;;;;2*+1;-1/p-1/i;;;1D;;;;. The first-order valence-electron chi connectivity index (χ1n) is 28.9. The molecule has 0 N–H and O–H groups in total. The number of hydrogen-bond acceptors (Lipinski definition) is 3. The van der Waals surface area contributed by atoms with Gasteiger partial charge in [-0.1, -0.05) is 254 Å². The fourth-order valence-corrected chi connectivity index (χ4v) is 12.6. The van der Waals surface area contributed by atoms with Crippen molar-refractivity contribution in [3.05, 3.63) is 318 Å². The number of carbonyl (C=O) groups excluding carboxylic acids is 1. The number of alkyl halides is 1. The second-order valence-corrected chi connectivity index (χ2v) is 21.8. The monoisotopic (exact) mass is 1440 g/mol. The minimum atomic E-state index is -1.00. The number of nitrogens with zero attached hydrogens (tertiary/aromatic N) is 1. The first-order chi connectivity index (χ1) is 43.2. The van der Waals surface area contributed by atoms with Crippen molar-refractivity contribution in [3.8, 4) is 61.3 Å². The number of rotatable bonds is 6. The van der Waals surface area contributed by atoms with Crippen molar-refractivity contribution in [2.45, 2.75) is 6.42 Å². The van der Waals surface area contributed by atoms with Crippen molar-refractivity contribution in [1.29, 1.82) is 0 Å². The zero-order chi connectivity index (χ0) is 60.5. The minimum Gasteiger partial charge on any atom is -1.00 e. The molecule has 0 saturated heterocycles. The van der Waals surface area contributed by atoms with E-state index in [2.05, 4.69) is 258 Å². The molecule has 1 aromatic heterocycles. The van der Waals surface area contributed by atoms with Crippen molar-refractivity contribution in [3.63, 3.8) is 0 Å². The van der Waals surface area contributed by atoms with E-state index < -0.39 is 7.15 Å². The second-order valence-electron chi connectivity index (χ2n) is 21.0. The Morgan fingerprint density at radius 3 is 1.43 bits per heavy atom. The molecule has 1 aliphatic rings. The molecule has 0 amide bonds. The van der Waals surface area contributed by atoms with Crippen LogP contribution in [0.3, 0.4) is 0 Å². The normalized spacial score (nSPS) is 11.0. The summed E-state index contributed by atoms with van der Waals surface area (Å²) in [6.07, 6.45) is 1.06. The molecule has 0 saturated carbocycles. The molecule has 10 heteroatoms. The summed E-state index contributed by atoms with van der Waals surface area (Å²) >= 11 is 12.9. The molecule has 0 atom stereocenters. The van der Waals surface area contributed by atoms with E-state index >= 15 is 0 Å². The van der Waals surface area contributed by atoms with Gasteiger partial charge in [0, 0.05) is 26.5 Å². The van der Waals surface area contributed by atoms with E-state index in [1.165, 1.54) is 111 Å². The van der Waals surface area contributed by atoms with E-state index in [0.717, 1.165) is 50.0 Å². The third-order valence-electron chi connectivity index (χ3n) is 15.9. The Bertz CT molecular complexity index is 5010. The van der Waals surface area contributed by atoms with Crippen LogP contribution >= 0.6 is 23.2 Å². The van der Waals surface area contributed by atoms with E-state index in [1.54, 1.807) is 6.07 Å². The summed E-state index contributed by atoms with van der Waals surface area (Å²) in [6.45, 7) is -0.181. The third kappa shape index (κ3) is 14.3. The zero-order valence-corrected chi connectivity index (χ0v) is 63.0. The average Bonchev–Trinajstić information content (AvgIpc) is 1.83. The van der Waals surface area contributed by atoms with Crippen LogP contribution in [0.25, 0.3) is 126 Å². The second kappa shape index (κ2) is 30.8. The predicted octanol–water partition coefficient (Wildman–Crippen LogP) is 15.6. The van der Waals surface area contributed by atoms with E-state index in [1.807, 2.05) is 24.3 Å². The minimum absolute atomic E-state index is 0. The summed E-state index contributed by atoms with van der Waals surface area (Å²) in [4.78, 5) is 11.2. The van der Waals surface area contributed by atoms with Crippen LogP contribution in [0.2, 0.25) is 10.0 Å². The van der Waals surface area contributed by atoms with Gasteiger partial charge in [-0.2, -0.15) is 0 Å². The summed E-state index contributed by atoms with van der Waals surface area (Å²) in [5.41, 5.74) is 18.2. The summed E-state index contributed by atoms with van der Waals surface area (Å²) < 4.78 is 31.6. The number of halogens is 4. The zero-order valence-electron chi connectivity index (χ0n) is 50.9. The fourth-order valence-electron chi connectivity index (χ4n) is 12.2. The third-order valence-corrected chi connectivity index (χ3v) is 16.3. The molecule has 89 heavy (non-hydrogen) atoms. The van der Waals surface area contributed by atoms with Gasteiger partial charge in [0.1, 0.15) is 5.82 Å². The first kappa shape index (κ1) is 64.4. The summed E-state index contributed by atoms with van der Waals surface area (Å²) in [5, 5.41) is 21.6. The molecular weight excluding hydrogens is 1390 g/mol. The Hall–Kier alpha value is -6.11. The molecule has 0 radical (unpaired) electrons. The molecule has 0 fully saturated rings. The molecule has 1 aliphatic carbocycles. The quantitative estimate of drug-likeness (QED) is 0.0721. The molecule has 14 aromatic carbocycles. The van der Waals surface area contributed by atoms with Crippen molar-refractivity contribution >= 4 is 94.6 Å². The van der Waals surface area contributed by atoms with Gasteiger partial charge in [-0.15, -0.1) is 0 Å². The Morgan fingerprint density at radius 2 is 0.854 bits per heavy atom. The largest absolute Gasteiger partial charge is 1.00 e. The van der Waals surface area contributed by atoms with Crippen molar-refractivity contribution < 1.29 is 164 Å². The predicted molar refractivity (Wildman–Crippen MR) is 359 cm³/mol. The van der Waals surface area contributed by atoms with Gasteiger partial charge in [-0.05, 0) is 177 Å².